The number of hydrogen-bond donors (Lipinski definition) is 2. The molecule has 0 aliphatic carbocycles. The van der Waals surface area contributed by atoms with Gasteiger partial charge in [-0.1, -0.05) is 24.3 Å². The van der Waals surface area contributed by atoms with Crippen LogP contribution in [0.25, 0.3) is 0 Å². The Hall–Kier alpha value is -2.14. The molecule has 1 aromatic carbocycles. The summed E-state index contributed by atoms with van der Waals surface area (Å²) in [5.74, 6) is -0.218. The van der Waals surface area contributed by atoms with Gasteiger partial charge in [0.05, 0.1) is 11.8 Å². The predicted molar refractivity (Wildman–Crippen MR) is 81.1 cm³/mol. The molecular weight excluding hydrogens is 266 g/mol. The lowest BCUT2D eigenvalue weighted by Crippen LogP contribution is -2.30. The third-order valence-electron chi connectivity index (χ3n) is 3.44. The Labute approximate surface area is 124 Å². The van der Waals surface area contributed by atoms with Crippen LogP contribution in [0.5, 0.6) is 0 Å². The fraction of sp³-hybridized carbons (Fsp3) is 0.375. The van der Waals surface area contributed by atoms with Gasteiger partial charge >= 0.3 is 0 Å². The Morgan fingerprint density at radius 3 is 2.76 bits per heavy atom. The number of carbonyl (C=O) groups is 1. The first-order valence-corrected chi connectivity index (χ1v) is 7.09. The van der Waals surface area contributed by atoms with E-state index in [1.54, 1.807) is 10.7 Å². The zero-order valence-electron chi connectivity index (χ0n) is 12.6. The summed E-state index contributed by atoms with van der Waals surface area (Å²) < 4.78 is 1.66. The average Bonchev–Trinajstić information content (AvgIpc) is 2.86. The first-order chi connectivity index (χ1) is 10.0. The number of carbonyl (C=O) groups excluding carboxylic acids is 1. The van der Waals surface area contributed by atoms with Gasteiger partial charge in [-0.15, -0.1) is 0 Å². The van der Waals surface area contributed by atoms with Crippen LogP contribution >= 0.6 is 0 Å². The summed E-state index contributed by atoms with van der Waals surface area (Å²) in [5, 5.41) is 17.2. The molecule has 1 heterocycles. The molecule has 2 aromatic rings. The first kappa shape index (κ1) is 15.3. The van der Waals surface area contributed by atoms with E-state index in [4.69, 9.17) is 0 Å². The van der Waals surface area contributed by atoms with E-state index in [0.29, 0.717) is 12.2 Å². The van der Waals surface area contributed by atoms with Gasteiger partial charge in [0.25, 0.3) is 5.91 Å². The molecular formula is C16H21N3O2. The van der Waals surface area contributed by atoms with E-state index in [2.05, 4.69) is 10.4 Å². The molecule has 0 bridgehead atoms. The van der Waals surface area contributed by atoms with Gasteiger partial charge in [0.2, 0.25) is 0 Å². The molecule has 5 nitrogen and oxygen atoms in total. The smallest absolute Gasteiger partial charge is 0.269 e. The SMILES string of the molecule is CCn1nc(C)cc1C(=O)NCC(O)c1ccccc1C. The number of aryl methyl sites for hydroxylation is 3. The van der Waals surface area contributed by atoms with Crippen molar-refractivity contribution in [1.29, 1.82) is 0 Å². The molecule has 1 amide bonds. The number of aliphatic hydroxyl groups is 1. The van der Waals surface area contributed by atoms with E-state index in [9.17, 15) is 9.90 Å². The van der Waals surface area contributed by atoms with Crippen molar-refractivity contribution in [3.8, 4) is 0 Å². The third-order valence-corrected chi connectivity index (χ3v) is 3.44. The van der Waals surface area contributed by atoms with Crippen molar-refractivity contribution in [2.24, 2.45) is 0 Å². The number of amides is 1. The number of hydrogen-bond acceptors (Lipinski definition) is 3. The highest BCUT2D eigenvalue weighted by Crippen LogP contribution is 2.16. The molecule has 5 heteroatoms. The number of rotatable bonds is 5. The normalized spacial score (nSPS) is 12.2. The molecule has 1 aromatic heterocycles. The molecule has 0 saturated heterocycles. The lowest BCUT2D eigenvalue weighted by atomic mass is 10.0. The van der Waals surface area contributed by atoms with Gasteiger partial charge in [0, 0.05) is 13.1 Å². The zero-order chi connectivity index (χ0) is 15.4. The Morgan fingerprint density at radius 1 is 1.38 bits per heavy atom. The van der Waals surface area contributed by atoms with E-state index in [-0.39, 0.29) is 12.5 Å². The van der Waals surface area contributed by atoms with Gasteiger partial charge in [-0.05, 0) is 38.0 Å². The number of aliphatic hydroxyl groups excluding tert-OH is 1. The van der Waals surface area contributed by atoms with Crippen LogP contribution in [0.3, 0.4) is 0 Å². The summed E-state index contributed by atoms with van der Waals surface area (Å²) in [6.07, 6.45) is -0.714. The van der Waals surface area contributed by atoms with Crippen LogP contribution in [0.1, 0.15) is 40.3 Å². The Morgan fingerprint density at radius 2 is 2.10 bits per heavy atom. The molecule has 2 rings (SSSR count). The second-order valence-electron chi connectivity index (χ2n) is 5.07. The van der Waals surface area contributed by atoms with Crippen molar-refractivity contribution in [2.45, 2.75) is 33.4 Å². The quantitative estimate of drug-likeness (QED) is 0.883. The Balaban J connectivity index is 2.02. The van der Waals surface area contributed by atoms with Crippen molar-refractivity contribution in [3.63, 3.8) is 0 Å². The van der Waals surface area contributed by atoms with Gasteiger partial charge < -0.3 is 10.4 Å². The molecule has 0 aliphatic rings. The summed E-state index contributed by atoms with van der Waals surface area (Å²) >= 11 is 0. The molecule has 1 unspecified atom stereocenters. The monoisotopic (exact) mass is 287 g/mol. The zero-order valence-corrected chi connectivity index (χ0v) is 12.6. The highest BCUT2D eigenvalue weighted by molar-refractivity contribution is 5.92. The van der Waals surface area contributed by atoms with Crippen LogP contribution in [-0.4, -0.2) is 27.3 Å². The van der Waals surface area contributed by atoms with Crippen molar-refractivity contribution in [3.05, 3.63) is 52.8 Å². The largest absolute Gasteiger partial charge is 0.387 e. The third kappa shape index (κ3) is 3.49. The molecule has 1 atom stereocenters. The maximum atomic E-state index is 12.2. The van der Waals surface area contributed by atoms with Crippen LogP contribution in [0, 0.1) is 13.8 Å². The van der Waals surface area contributed by atoms with Crippen LogP contribution in [0.15, 0.2) is 30.3 Å². The van der Waals surface area contributed by atoms with Crippen molar-refractivity contribution in [1.82, 2.24) is 15.1 Å². The Kier molecular flexibility index (Phi) is 4.75. The molecule has 0 fully saturated rings. The van der Waals surface area contributed by atoms with Gasteiger partial charge in [0.1, 0.15) is 5.69 Å². The number of benzene rings is 1. The van der Waals surface area contributed by atoms with Crippen LogP contribution in [0.2, 0.25) is 0 Å². The van der Waals surface area contributed by atoms with E-state index in [0.717, 1.165) is 16.8 Å². The lowest BCUT2D eigenvalue weighted by molar-refractivity contribution is 0.0905. The first-order valence-electron chi connectivity index (χ1n) is 7.09. The van der Waals surface area contributed by atoms with Gasteiger partial charge in [0.15, 0.2) is 0 Å². The summed E-state index contributed by atoms with van der Waals surface area (Å²) in [6.45, 7) is 6.54. The number of nitrogens with zero attached hydrogens (tertiary/aromatic N) is 2. The van der Waals surface area contributed by atoms with E-state index < -0.39 is 6.10 Å². The van der Waals surface area contributed by atoms with Gasteiger partial charge in [-0.25, -0.2) is 0 Å². The van der Waals surface area contributed by atoms with Crippen molar-refractivity contribution < 1.29 is 9.90 Å². The molecule has 0 aliphatic heterocycles. The van der Waals surface area contributed by atoms with E-state index in [1.807, 2.05) is 45.0 Å². The highest BCUT2D eigenvalue weighted by Gasteiger charge is 2.15. The fourth-order valence-electron chi connectivity index (χ4n) is 2.32. The summed E-state index contributed by atoms with van der Waals surface area (Å²) in [5.41, 5.74) is 3.17. The number of nitrogens with one attached hydrogen (secondary N) is 1. The lowest BCUT2D eigenvalue weighted by Gasteiger charge is -2.14. The Bertz CT molecular complexity index is 634. The van der Waals surface area contributed by atoms with Crippen LogP contribution in [-0.2, 0) is 6.54 Å². The van der Waals surface area contributed by atoms with Crippen LogP contribution < -0.4 is 5.32 Å². The maximum absolute atomic E-state index is 12.2. The molecule has 0 radical (unpaired) electrons. The fourth-order valence-corrected chi connectivity index (χ4v) is 2.32. The van der Waals surface area contributed by atoms with E-state index in [1.165, 1.54) is 0 Å². The van der Waals surface area contributed by atoms with E-state index >= 15 is 0 Å². The molecule has 21 heavy (non-hydrogen) atoms. The summed E-state index contributed by atoms with van der Waals surface area (Å²) in [6, 6.07) is 9.36. The number of aromatic nitrogens is 2. The average molecular weight is 287 g/mol. The second-order valence-corrected chi connectivity index (χ2v) is 5.07. The summed E-state index contributed by atoms with van der Waals surface area (Å²) in [4.78, 5) is 12.2. The summed E-state index contributed by atoms with van der Waals surface area (Å²) in [7, 11) is 0. The van der Waals surface area contributed by atoms with Crippen LogP contribution in [0.4, 0.5) is 0 Å². The minimum Gasteiger partial charge on any atom is -0.387 e. The van der Waals surface area contributed by atoms with Gasteiger partial charge in [-0.2, -0.15) is 5.10 Å². The minimum absolute atomic E-state index is 0.178. The predicted octanol–water partition coefficient (Wildman–Crippen LogP) is 1.98. The van der Waals surface area contributed by atoms with Crippen molar-refractivity contribution >= 4 is 5.91 Å². The van der Waals surface area contributed by atoms with Crippen molar-refractivity contribution in [2.75, 3.05) is 6.54 Å². The second kappa shape index (κ2) is 6.54. The molecule has 0 spiro atoms. The molecule has 2 N–H and O–H groups in total. The van der Waals surface area contributed by atoms with Gasteiger partial charge in [-0.3, -0.25) is 9.48 Å². The topological polar surface area (TPSA) is 67.2 Å². The minimum atomic E-state index is -0.714. The highest BCUT2D eigenvalue weighted by atomic mass is 16.3. The standard InChI is InChI=1S/C16H21N3O2/c1-4-19-14(9-12(3)18-19)16(21)17-10-15(20)13-8-6-5-7-11(13)2/h5-9,15,20H,4,10H2,1-3H3,(H,17,21). The molecule has 112 valence electrons. The maximum Gasteiger partial charge on any atom is 0.269 e. The molecule has 0 saturated carbocycles.